The van der Waals surface area contributed by atoms with Crippen LogP contribution in [0.4, 0.5) is 0 Å². The second-order valence-corrected chi connectivity index (χ2v) is 9.21. The van der Waals surface area contributed by atoms with E-state index < -0.39 is 5.60 Å². The molecule has 0 bridgehead atoms. The van der Waals surface area contributed by atoms with Crippen molar-refractivity contribution in [2.45, 2.75) is 104 Å². The molecule has 1 saturated carbocycles. The van der Waals surface area contributed by atoms with Crippen LogP contribution in [0, 0.1) is 17.8 Å². The van der Waals surface area contributed by atoms with Gasteiger partial charge in [0.2, 0.25) is 0 Å². The number of carbonyl (C=O) groups is 2. The summed E-state index contributed by atoms with van der Waals surface area (Å²) in [6.07, 6.45) is 10.2. The lowest BCUT2D eigenvalue weighted by Gasteiger charge is -2.29. The molecule has 1 fully saturated rings. The van der Waals surface area contributed by atoms with Crippen LogP contribution in [0.1, 0.15) is 98.8 Å². The summed E-state index contributed by atoms with van der Waals surface area (Å²) >= 11 is 0. The number of unbranched alkanes of at least 4 members (excludes halogenated alkanes) is 4. The summed E-state index contributed by atoms with van der Waals surface area (Å²) in [5.41, 5.74) is -0.473. The van der Waals surface area contributed by atoms with Crippen LogP contribution in [-0.2, 0) is 19.1 Å². The maximum atomic E-state index is 12.3. The van der Waals surface area contributed by atoms with E-state index in [0.717, 1.165) is 38.0 Å². The molecule has 0 spiro atoms. The van der Waals surface area contributed by atoms with Crippen LogP contribution in [0.15, 0.2) is 0 Å². The first-order valence-electron chi connectivity index (χ1n) is 10.6. The lowest BCUT2D eigenvalue weighted by molar-refractivity contribution is -0.163. The van der Waals surface area contributed by atoms with Gasteiger partial charge in [0.1, 0.15) is 5.60 Å². The van der Waals surface area contributed by atoms with Gasteiger partial charge in [-0.05, 0) is 52.4 Å². The SMILES string of the molecule is CC(C)CCCCCCCOC(=O)C1CCCC(C(=O)OC(C)(C)C)C1. The van der Waals surface area contributed by atoms with Crippen LogP contribution >= 0.6 is 0 Å². The molecule has 0 heterocycles. The van der Waals surface area contributed by atoms with E-state index in [0.29, 0.717) is 13.0 Å². The average molecular weight is 369 g/mol. The molecule has 0 N–H and O–H groups in total. The van der Waals surface area contributed by atoms with Gasteiger partial charge in [-0.25, -0.2) is 0 Å². The third kappa shape index (κ3) is 10.2. The third-order valence-electron chi connectivity index (χ3n) is 4.92. The topological polar surface area (TPSA) is 52.6 Å². The molecule has 2 atom stereocenters. The fraction of sp³-hybridized carbons (Fsp3) is 0.909. The normalized spacial score (nSPS) is 20.8. The van der Waals surface area contributed by atoms with E-state index in [2.05, 4.69) is 13.8 Å². The maximum absolute atomic E-state index is 12.3. The van der Waals surface area contributed by atoms with E-state index in [1.165, 1.54) is 25.7 Å². The summed E-state index contributed by atoms with van der Waals surface area (Å²) in [5, 5.41) is 0. The maximum Gasteiger partial charge on any atom is 0.309 e. The van der Waals surface area contributed by atoms with Crippen molar-refractivity contribution < 1.29 is 19.1 Å². The Morgan fingerprint density at radius 1 is 0.923 bits per heavy atom. The molecule has 0 aromatic heterocycles. The second kappa shape index (κ2) is 11.6. The van der Waals surface area contributed by atoms with Crippen molar-refractivity contribution in [2.24, 2.45) is 17.8 Å². The molecule has 4 nitrogen and oxygen atoms in total. The van der Waals surface area contributed by atoms with Gasteiger partial charge < -0.3 is 9.47 Å². The predicted octanol–water partition coefficient (Wildman–Crippen LogP) is 5.67. The Balaban J connectivity index is 2.19. The van der Waals surface area contributed by atoms with Gasteiger partial charge in [-0.2, -0.15) is 0 Å². The Morgan fingerprint density at radius 2 is 1.50 bits per heavy atom. The first-order valence-corrected chi connectivity index (χ1v) is 10.6. The molecular weight excluding hydrogens is 328 g/mol. The van der Waals surface area contributed by atoms with Gasteiger partial charge in [0.05, 0.1) is 18.4 Å². The van der Waals surface area contributed by atoms with E-state index in [1.54, 1.807) is 0 Å². The highest BCUT2D eigenvalue weighted by Gasteiger charge is 2.34. The summed E-state index contributed by atoms with van der Waals surface area (Å²) in [6, 6.07) is 0. The van der Waals surface area contributed by atoms with Crippen LogP contribution in [-0.4, -0.2) is 24.1 Å². The highest BCUT2D eigenvalue weighted by Crippen LogP contribution is 2.31. The summed E-state index contributed by atoms with van der Waals surface area (Å²) in [4.78, 5) is 24.5. The van der Waals surface area contributed by atoms with Crippen LogP contribution in [0.3, 0.4) is 0 Å². The first-order chi connectivity index (χ1) is 12.2. The first kappa shape index (κ1) is 23.0. The van der Waals surface area contributed by atoms with Gasteiger partial charge in [-0.15, -0.1) is 0 Å². The van der Waals surface area contributed by atoms with Crippen molar-refractivity contribution in [3.8, 4) is 0 Å². The molecule has 1 rings (SSSR count). The van der Waals surface area contributed by atoms with Gasteiger partial charge in [-0.3, -0.25) is 9.59 Å². The zero-order valence-electron chi connectivity index (χ0n) is 17.6. The molecule has 0 aliphatic heterocycles. The van der Waals surface area contributed by atoms with Gasteiger partial charge in [0.25, 0.3) is 0 Å². The number of hydrogen-bond donors (Lipinski definition) is 0. The number of hydrogen-bond acceptors (Lipinski definition) is 4. The van der Waals surface area contributed by atoms with Crippen molar-refractivity contribution in [2.75, 3.05) is 6.61 Å². The van der Waals surface area contributed by atoms with Crippen LogP contribution in [0.5, 0.6) is 0 Å². The van der Waals surface area contributed by atoms with Crippen molar-refractivity contribution in [1.29, 1.82) is 0 Å². The summed E-state index contributed by atoms with van der Waals surface area (Å²) < 4.78 is 10.9. The highest BCUT2D eigenvalue weighted by atomic mass is 16.6. The Hall–Kier alpha value is -1.06. The zero-order chi connectivity index (χ0) is 19.6. The van der Waals surface area contributed by atoms with E-state index in [-0.39, 0.29) is 23.8 Å². The minimum atomic E-state index is -0.473. The molecule has 1 aliphatic rings. The average Bonchev–Trinajstić information content (AvgIpc) is 2.55. The number of ether oxygens (including phenoxy) is 2. The summed E-state index contributed by atoms with van der Waals surface area (Å²) in [5.74, 6) is 0.180. The monoisotopic (exact) mass is 368 g/mol. The Labute approximate surface area is 160 Å². The molecule has 26 heavy (non-hydrogen) atoms. The predicted molar refractivity (Wildman–Crippen MR) is 105 cm³/mol. The van der Waals surface area contributed by atoms with E-state index in [1.807, 2.05) is 20.8 Å². The molecule has 1 aliphatic carbocycles. The molecular formula is C22H40O4. The van der Waals surface area contributed by atoms with Crippen molar-refractivity contribution in [3.63, 3.8) is 0 Å². The summed E-state index contributed by atoms with van der Waals surface area (Å²) in [6.45, 7) is 10.7. The fourth-order valence-electron chi connectivity index (χ4n) is 3.48. The van der Waals surface area contributed by atoms with Crippen LogP contribution in [0.25, 0.3) is 0 Å². The largest absolute Gasteiger partial charge is 0.465 e. The number of rotatable bonds is 10. The Kier molecular flexibility index (Phi) is 10.3. The van der Waals surface area contributed by atoms with Crippen molar-refractivity contribution in [3.05, 3.63) is 0 Å². The fourth-order valence-corrected chi connectivity index (χ4v) is 3.48. The molecule has 0 radical (unpaired) electrons. The lowest BCUT2D eigenvalue weighted by atomic mass is 9.81. The molecule has 0 aromatic carbocycles. The molecule has 2 unspecified atom stereocenters. The highest BCUT2D eigenvalue weighted by molar-refractivity contribution is 5.76. The van der Waals surface area contributed by atoms with E-state index in [9.17, 15) is 9.59 Å². The molecule has 0 saturated heterocycles. The molecule has 0 amide bonds. The standard InChI is InChI=1S/C22H40O4/c1-17(2)12-9-7-6-8-10-15-25-20(23)18-13-11-14-19(16-18)21(24)26-22(3,4)5/h17-19H,6-16H2,1-5H3. The molecule has 0 aromatic rings. The summed E-state index contributed by atoms with van der Waals surface area (Å²) in [7, 11) is 0. The number of esters is 2. The zero-order valence-corrected chi connectivity index (χ0v) is 17.6. The van der Waals surface area contributed by atoms with Gasteiger partial charge in [0.15, 0.2) is 0 Å². The minimum Gasteiger partial charge on any atom is -0.465 e. The Morgan fingerprint density at radius 3 is 2.12 bits per heavy atom. The van der Waals surface area contributed by atoms with E-state index >= 15 is 0 Å². The van der Waals surface area contributed by atoms with Gasteiger partial charge in [-0.1, -0.05) is 52.4 Å². The van der Waals surface area contributed by atoms with Crippen molar-refractivity contribution >= 4 is 11.9 Å². The Bertz CT molecular complexity index is 422. The van der Waals surface area contributed by atoms with Crippen LogP contribution < -0.4 is 0 Å². The quantitative estimate of drug-likeness (QED) is 0.368. The van der Waals surface area contributed by atoms with Gasteiger partial charge >= 0.3 is 11.9 Å². The second-order valence-electron chi connectivity index (χ2n) is 9.21. The molecule has 152 valence electrons. The minimum absolute atomic E-state index is 0.127. The van der Waals surface area contributed by atoms with Crippen LogP contribution in [0.2, 0.25) is 0 Å². The van der Waals surface area contributed by atoms with Gasteiger partial charge in [0, 0.05) is 0 Å². The van der Waals surface area contributed by atoms with Crippen molar-refractivity contribution in [1.82, 2.24) is 0 Å². The molecule has 4 heteroatoms. The van der Waals surface area contributed by atoms with E-state index in [4.69, 9.17) is 9.47 Å². The number of carbonyl (C=O) groups excluding carboxylic acids is 2. The third-order valence-corrected chi connectivity index (χ3v) is 4.92. The smallest absolute Gasteiger partial charge is 0.309 e. The lowest BCUT2D eigenvalue weighted by Crippen LogP contribution is -2.33.